The molecule has 0 unspecified atom stereocenters. The molecule has 0 saturated heterocycles. The van der Waals surface area contributed by atoms with Crippen molar-refractivity contribution in [2.45, 2.75) is 26.7 Å². The maximum absolute atomic E-state index is 13.7. The standard InChI is InChI=1S/C21H21FN4O4/c1-12-4-5-14(10-16(12)22)21-25-20(30-26-21)9-8-19(28)24-15-6-7-18(29-3)17(11-15)23-13(2)27/h4-7,10-11H,8-9H2,1-3H3,(H,23,27)(H,24,28). The number of hydrogen-bond donors (Lipinski definition) is 2. The molecule has 0 aliphatic rings. The van der Waals surface area contributed by atoms with Crippen LogP contribution in [0.3, 0.4) is 0 Å². The van der Waals surface area contributed by atoms with E-state index < -0.39 is 0 Å². The maximum atomic E-state index is 13.7. The molecule has 1 aromatic heterocycles. The molecule has 156 valence electrons. The van der Waals surface area contributed by atoms with Crippen LogP contribution >= 0.6 is 0 Å². The van der Waals surface area contributed by atoms with Crippen molar-refractivity contribution >= 4 is 23.2 Å². The second kappa shape index (κ2) is 9.17. The Morgan fingerprint density at radius 1 is 1.17 bits per heavy atom. The smallest absolute Gasteiger partial charge is 0.227 e. The Hall–Kier alpha value is -3.75. The summed E-state index contributed by atoms with van der Waals surface area (Å²) in [5, 5.41) is 9.23. The molecule has 9 heteroatoms. The first kappa shape index (κ1) is 21.0. The number of amides is 2. The van der Waals surface area contributed by atoms with Crippen molar-refractivity contribution in [2.24, 2.45) is 0 Å². The highest BCUT2D eigenvalue weighted by molar-refractivity contribution is 5.94. The van der Waals surface area contributed by atoms with Crippen molar-refractivity contribution in [1.29, 1.82) is 0 Å². The molecule has 0 spiro atoms. The Labute approximate surface area is 172 Å². The average Bonchev–Trinajstić information content (AvgIpc) is 3.17. The lowest BCUT2D eigenvalue weighted by atomic mass is 10.1. The first-order valence-corrected chi connectivity index (χ1v) is 9.20. The van der Waals surface area contributed by atoms with E-state index in [1.807, 2.05) is 0 Å². The zero-order valence-electron chi connectivity index (χ0n) is 16.8. The summed E-state index contributed by atoms with van der Waals surface area (Å²) in [6, 6.07) is 9.60. The number of aromatic nitrogens is 2. The molecule has 0 aliphatic carbocycles. The summed E-state index contributed by atoms with van der Waals surface area (Å²) in [6.45, 7) is 3.05. The van der Waals surface area contributed by atoms with Gasteiger partial charge in [-0.25, -0.2) is 4.39 Å². The van der Waals surface area contributed by atoms with Gasteiger partial charge in [0, 0.05) is 31.0 Å². The minimum Gasteiger partial charge on any atom is -0.495 e. The first-order chi connectivity index (χ1) is 14.4. The van der Waals surface area contributed by atoms with Crippen LogP contribution in [0.4, 0.5) is 15.8 Å². The lowest BCUT2D eigenvalue weighted by Crippen LogP contribution is -2.13. The molecule has 1 heterocycles. The molecular weight excluding hydrogens is 391 g/mol. The monoisotopic (exact) mass is 412 g/mol. The molecule has 30 heavy (non-hydrogen) atoms. The maximum Gasteiger partial charge on any atom is 0.227 e. The van der Waals surface area contributed by atoms with Gasteiger partial charge in [0.2, 0.25) is 23.5 Å². The van der Waals surface area contributed by atoms with Crippen molar-refractivity contribution in [3.05, 3.63) is 53.7 Å². The van der Waals surface area contributed by atoms with E-state index in [-0.39, 0.29) is 42.2 Å². The number of methoxy groups -OCH3 is 1. The van der Waals surface area contributed by atoms with Gasteiger partial charge in [0.05, 0.1) is 12.8 Å². The molecule has 3 rings (SSSR count). The van der Waals surface area contributed by atoms with Gasteiger partial charge in [-0.05, 0) is 36.8 Å². The fraction of sp³-hybridized carbons (Fsp3) is 0.238. The fourth-order valence-corrected chi connectivity index (χ4v) is 2.72. The molecule has 2 N–H and O–H groups in total. The minimum absolute atomic E-state index is 0.103. The van der Waals surface area contributed by atoms with E-state index in [0.717, 1.165) is 0 Å². The third kappa shape index (κ3) is 5.19. The van der Waals surface area contributed by atoms with Crippen LogP contribution < -0.4 is 15.4 Å². The second-order valence-electron chi connectivity index (χ2n) is 6.62. The van der Waals surface area contributed by atoms with Gasteiger partial charge in [-0.1, -0.05) is 17.3 Å². The third-order valence-electron chi connectivity index (χ3n) is 4.26. The third-order valence-corrected chi connectivity index (χ3v) is 4.26. The summed E-state index contributed by atoms with van der Waals surface area (Å²) in [6.07, 6.45) is 0.327. The van der Waals surface area contributed by atoms with Crippen LogP contribution in [0, 0.1) is 12.7 Å². The van der Waals surface area contributed by atoms with Crippen molar-refractivity contribution in [2.75, 3.05) is 17.7 Å². The normalized spacial score (nSPS) is 10.5. The van der Waals surface area contributed by atoms with E-state index in [0.29, 0.717) is 28.3 Å². The minimum atomic E-state index is -0.351. The molecule has 0 aliphatic heterocycles. The van der Waals surface area contributed by atoms with Gasteiger partial charge < -0.3 is 19.9 Å². The summed E-state index contributed by atoms with van der Waals surface area (Å²) in [5.74, 6) is 0.146. The first-order valence-electron chi connectivity index (χ1n) is 9.20. The number of nitrogens with one attached hydrogen (secondary N) is 2. The van der Waals surface area contributed by atoms with Gasteiger partial charge in [0.25, 0.3) is 0 Å². The Morgan fingerprint density at radius 3 is 2.67 bits per heavy atom. The van der Waals surface area contributed by atoms with Crippen molar-refractivity contribution in [1.82, 2.24) is 10.1 Å². The molecule has 0 radical (unpaired) electrons. The Kier molecular flexibility index (Phi) is 6.41. The highest BCUT2D eigenvalue weighted by Crippen LogP contribution is 2.28. The zero-order valence-corrected chi connectivity index (χ0v) is 16.8. The SMILES string of the molecule is COc1ccc(NC(=O)CCc2nc(-c3ccc(C)c(F)c3)no2)cc1NC(C)=O. The van der Waals surface area contributed by atoms with E-state index in [1.165, 1.54) is 20.1 Å². The van der Waals surface area contributed by atoms with E-state index in [1.54, 1.807) is 37.3 Å². The van der Waals surface area contributed by atoms with E-state index in [4.69, 9.17) is 9.26 Å². The van der Waals surface area contributed by atoms with E-state index >= 15 is 0 Å². The van der Waals surface area contributed by atoms with Crippen LogP contribution in [-0.4, -0.2) is 29.1 Å². The van der Waals surface area contributed by atoms with Crippen molar-refractivity contribution < 1.29 is 23.2 Å². The van der Waals surface area contributed by atoms with Crippen LogP contribution in [0.5, 0.6) is 5.75 Å². The number of anilines is 2. The predicted octanol–water partition coefficient (Wildman–Crippen LogP) is 3.72. The molecule has 3 aromatic rings. The summed E-state index contributed by atoms with van der Waals surface area (Å²) in [4.78, 5) is 27.8. The zero-order chi connectivity index (χ0) is 21.7. The van der Waals surface area contributed by atoms with Crippen LogP contribution in [0.15, 0.2) is 40.9 Å². The lowest BCUT2D eigenvalue weighted by Gasteiger charge is -2.11. The van der Waals surface area contributed by atoms with Crippen molar-refractivity contribution in [3.63, 3.8) is 0 Å². The van der Waals surface area contributed by atoms with Crippen LogP contribution in [-0.2, 0) is 16.0 Å². The Bertz CT molecular complexity index is 1080. The van der Waals surface area contributed by atoms with Crippen LogP contribution in [0.1, 0.15) is 24.8 Å². The molecule has 0 atom stereocenters. The molecule has 2 aromatic carbocycles. The van der Waals surface area contributed by atoms with E-state index in [2.05, 4.69) is 20.8 Å². The summed E-state index contributed by atoms with van der Waals surface area (Å²) < 4.78 is 24.0. The number of halogens is 1. The van der Waals surface area contributed by atoms with Crippen LogP contribution in [0.2, 0.25) is 0 Å². The molecular formula is C21H21FN4O4. The second-order valence-corrected chi connectivity index (χ2v) is 6.62. The number of benzene rings is 2. The molecule has 2 amide bonds. The summed E-state index contributed by atoms with van der Waals surface area (Å²) in [5.41, 5.74) is 1.99. The average molecular weight is 412 g/mol. The number of rotatable bonds is 7. The summed E-state index contributed by atoms with van der Waals surface area (Å²) >= 11 is 0. The largest absolute Gasteiger partial charge is 0.495 e. The predicted molar refractivity (Wildman–Crippen MR) is 109 cm³/mol. The number of aryl methyl sites for hydroxylation is 2. The van der Waals surface area contributed by atoms with Gasteiger partial charge in [-0.2, -0.15) is 4.98 Å². The number of nitrogens with zero attached hydrogens (tertiary/aromatic N) is 2. The highest BCUT2D eigenvalue weighted by atomic mass is 19.1. The van der Waals surface area contributed by atoms with Gasteiger partial charge in [0.15, 0.2) is 0 Å². The number of hydrogen-bond acceptors (Lipinski definition) is 6. The molecule has 0 saturated carbocycles. The fourth-order valence-electron chi connectivity index (χ4n) is 2.72. The Morgan fingerprint density at radius 2 is 1.97 bits per heavy atom. The Balaban J connectivity index is 1.60. The molecule has 0 bridgehead atoms. The quantitative estimate of drug-likeness (QED) is 0.613. The number of ether oxygens (including phenoxy) is 1. The molecule has 0 fully saturated rings. The highest BCUT2D eigenvalue weighted by Gasteiger charge is 2.13. The van der Waals surface area contributed by atoms with Crippen molar-refractivity contribution in [3.8, 4) is 17.1 Å². The lowest BCUT2D eigenvalue weighted by molar-refractivity contribution is -0.116. The number of carbonyl (C=O) groups excluding carboxylic acids is 2. The topological polar surface area (TPSA) is 106 Å². The number of carbonyl (C=O) groups is 2. The van der Waals surface area contributed by atoms with E-state index in [9.17, 15) is 14.0 Å². The summed E-state index contributed by atoms with van der Waals surface area (Å²) in [7, 11) is 1.49. The van der Waals surface area contributed by atoms with Gasteiger partial charge in [0.1, 0.15) is 11.6 Å². The van der Waals surface area contributed by atoms with Gasteiger partial charge in [-0.15, -0.1) is 0 Å². The molecule has 8 nitrogen and oxygen atoms in total. The van der Waals surface area contributed by atoms with Gasteiger partial charge >= 0.3 is 0 Å². The van der Waals surface area contributed by atoms with Gasteiger partial charge in [-0.3, -0.25) is 9.59 Å². The van der Waals surface area contributed by atoms with Crippen LogP contribution in [0.25, 0.3) is 11.4 Å².